The number of nitrogens with one attached hydrogen (secondary N) is 2. The lowest BCUT2D eigenvalue weighted by molar-refractivity contribution is -0.137. The number of rotatable bonds is 18. The van der Waals surface area contributed by atoms with Crippen LogP contribution in [0, 0.1) is 0 Å². The molecule has 0 radical (unpaired) electrons. The summed E-state index contributed by atoms with van der Waals surface area (Å²) in [5.74, 6) is -1.40. The molecule has 0 heterocycles. The molecule has 3 aromatic rings. The van der Waals surface area contributed by atoms with Crippen molar-refractivity contribution in [1.29, 1.82) is 0 Å². The second-order valence-corrected chi connectivity index (χ2v) is 11.6. The number of hydrogen-bond acceptors (Lipinski definition) is 6. The predicted octanol–water partition coefficient (Wildman–Crippen LogP) is 0.959. The van der Waals surface area contributed by atoms with Gasteiger partial charge in [-0.1, -0.05) is 84.9 Å². The third kappa shape index (κ3) is 12.8. The van der Waals surface area contributed by atoms with Gasteiger partial charge in [-0.05, 0) is 47.9 Å². The van der Waals surface area contributed by atoms with E-state index in [1.807, 2.05) is 84.9 Å². The van der Waals surface area contributed by atoms with Crippen molar-refractivity contribution in [1.82, 2.24) is 15.5 Å². The minimum atomic E-state index is -1.02. The van der Waals surface area contributed by atoms with Gasteiger partial charge in [0.25, 0.3) is 0 Å². The average molecular weight is 657 g/mol. The third-order valence-corrected chi connectivity index (χ3v) is 7.64. The molecule has 0 bridgehead atoms. The number of likely N-dealkylation sites (N-methyl/N-ethyl adjacent to an activating group) is 1. The number of aliphatic imine (C=N–C) groups is 2. The highest BCUT2D eigenvalue weighted by molar-refractivity contribution is 5.93. The summed E-state index contributed by atoms with van der Waals surface area (Å²) >= 11 is 0. The zero-order valence-corrected chi connectivity index (χ0v) is 27.4. The molecule has 0 aliphatic rings. The molecule has 48 heavy (non-hydrogen) atoms. The number of amides is 3. The molecule has 256 valence electrons. The Morgan fingerprint density at radius 2 is 1.19 bits per heavy atom. The first-order chi connectivity index (χ1) is 23.0. The van der Waals surface area contributed by atoms with E-state index in [0.29, 0.717) is 32.4 Å². The van der Waals surface area contributed by atoms with Crippen molar-refractivity contribution in [3.8, 4) is 11.1 Å². The summed E-state index contributed by atoms with van der Waals surface area (Å²) in [5.41, 5.74) is 31.7. The first kappa shape index (κ1) is 37.0. The summed E-state index contributed by atoms with van der Waals surface area (Å²) in [5, 5.41) is 5.71. The summed E-state index contributed by atoms with van der Waals surface area (Å²) < 4.78 is 0. The summed E-state index contributed by atoms with van der Waals surface area (Å²) in [6, 6.07) is 24.4. The molecule has 0 unspecified atom stereocenters. The minimum absolute atomic E-state index is 0.0418. The van der Waals surface area contributed by atoms with Gasteiger partial charge in [0.15, 0.2) is 11.9 Å². The molecular formula is C35H48N10O3. The van der Waals surface area contributed by atoms with Gasteiger partial charge in [-0.2, -0.15) is 0 Å². The van der Waals surface area contributed by atoms with Gasteiger partial charge in [0.1, 0.15) is 12.1 Å². The van der Waals surface area contributed by atoms with E-state index in [9.17, 15) is 14.4 Å². The lowest BCUT2D eigenvalue weighted by Crippen LogP contribution is -2.56. The van der Waals surface area contributed by atoms with E-state index in [2.05, 4.69) is 20.6 Å². The zero-order chi connectivity index (χ0) is 34.9. The quantitative estimate of drug-likeness (QED) is 0.0590. The van der Waals surface area contributed by atoms with E-state index in [1.54, 1.807) is 11.9 Å². The SMILES string of the molecule is CN(Cc1ccccc1)C(=O)[C@H](CCCN=C(N)N)NC(=O)[C@H](Cc1ccc(-c2ccccc2)cc1)NC(=O)[C@@H](N)CCCN=C(N)N. The number of nitrogens with two attached hydrogens (primary N) is 5. The lowest BCUT2D eigenvalue weighted by atomic mass is 9.99. The molecule has 3 aromatic carbocycles. The van der Waals surface area contributed by atoms with Crippen LogP contribution in [0.1, 0.15) is 36.8 Å². The minimum Gasteiger partial charge on any atom is -0.370 e. The average Bonchev–Trinajstić information content (AvgIpc) is 3.08. The predicted molar refractivity (Wildman–Crippen MR) is 190 cm³/mol. The highest BCUT2D eigenvalue weighted by Crippen LogP contribution is 2.20. The fourth-order valence-corrected chi connectivity index (χ4v) is 5.07. The van der Waals surface area contributed by atoms with Crippen molar-refractivity contribution in [2.75, 3.05) is 20.1 Å². The lowest BCUT2D eigenvalue weighted by Gasteiger charge is -2.27. The zero-order valence-electron chi connectivity index (χ0n) is 27.4. The van der Waals surface area contributed by atoms with Gasteiger partial charge < -0.3 is 44.2 Å². The summed E-state index contributed by atoms with van der Waals surface area (Å²) in [6.45, 7) is 0.955. The standard InChI is InChI=1S/C35H48N10O3/c1-45(23-25-10-4-2-5-11-25)33(48)29(15-9-21-42-35(39)40)43-32(47)30(44-31(46)28(36)14-8-20-41-34(37)38)22-24-16-18-27(19-17-24)26-12-6-3-7-13-26/h2-7,10-13,16-19,28-30H,8-9,14-15,20-23,36H2,1H3,(H,43,47)(H,44,46)(H4,37,38,41)(H4,39,40,42)/t28-,29-,30-/m0/s1. The molecule has 13 heteroatoms. The molecular weight excluding hydrogens is 608 g/mol. The highest BCUT2D eigenvalue weighted by Gasteiger charge is 2.29. The van der Waals surface area contributed by atoms with Crippen LogP contribution in [-0.4, -0.2) is 72.8 Å². The van der Waals surface area contributed by atoms with Crippen LogP contribution >= 0.6 is 0 Å². The van der Waals surface area contributed by atoms with E-state index in [0.717, 1.165) is 22.3 Å². The van der Waals surface area contributed by atoms with E-state index >= 15 is 0 Å². The smallest absolute Gasteiger partial charge is 0.245 e. The number of hydrogen-bond donors (Lipinski definition) is 7. The van der Waals surface area contributed by atoms with Gasteiger partial charge in [-0.25, -0.2) is 0 Å². The van der Waals surface area contributed by atoms with E-state index in [4.69, 9.17) is 28.7 Å². The Bertz CT molecular complexity index is 1510. The molecule has 0 aliphatic heterocycles. The van der Waals surface area contributed by atoms with Crippen LogP contribution in [0.15, 0.2) is 94.9 Å². The number of carbonyl (C=O) groups excluding carboxylic acids is 3. The van der Waals surface area contributed by atoms with Gasteiger partial charge in [0.05, 0.1) is 6.04 Å². The molecule has 0 saturated heterocycles. The van der Waals surface area contributed by atoms with Crippen LogP contribution in [-0.2, 0) is 27.3 Å². The van der Waals surface area contributed by atoms with E-state index in [1.165, 1.54) is 0 Å². The second kappa shape index (κ2) is 19.3. The largest absolute Gasteiger partial charge is 0.370 e. The Balaban J connectivity index is 1.80. The Labute approximate surface area is 282 Å². The van der Waals surface area contributed by atoms with Crippen LogP contribution < -0.4 is 39.3 Å². The molecule has 0 spiro atoms. The Morgan fingerprint density at radius 1 is 0.667 bits per heavy atom. The maximum atomic E-state index is 13.9. The Morgan fingerprint density at radius 3 is 1.77 bits per heavy atom. The van der Waals surface area contributed by atoms with Gasteiger partial charge >= 0.3 is 0 Å². The summed E-state index contributed by atoms with van der Waals surface area (Å²) in [7, 11) is 1.68. The van der Waals surface area contributed by atoms with Crippen LogP contribution in [0.3, 0.4) is 0 Å². The molecule has 0 saturated carbocycles. The third-order valence-electron chi connectivity index (χ3n) is 7.64. The van der Waals surface area contributed by atoms with Crippen molar-refractivity contribution in [3.05, 3.63) is 96.1 Å². The molecule has 0 fully saturated rings. The Kier molecular flexibility index (Phi) is 14.9. The van der Waals surface area contributed by atoms with Crippen LogP contribution in [0.4, 0.5) is 0 Å². The van der Waals surface area contributed by atoms with Crippen molar-refractivity contribution in [3.63, 3.8) is 0 Å². The summed E-state index contributed by atoms with van der Waals surface area (Å²) in [6.07, 6.45) is 1.66. The molecule has 12 N–H and O–H groups in total. The van der Waals surface area contributed by atoms with Crippen molar-refractivity contribution >= 4 is 29.6 Å². The highest BCUT2D eigenvalue weighted by atomic mass is 16.2. The molecule has 3 amide bonds. The summed E-state index contributed by atoms with van der Waals surface area (Å²) in [4.78, 5) is 50.3. The number of carbonyl (C=O) groups is 3. The number of guanidine groups is 2. The number of nitrogens with zero attached hydrogens (tertiary/aromatic N) is 3. The normalized spacial score (nSPS) is 12.5. The van der Waals surface area contributed by atoms with Gasteiger partial charge in [0.2, 0.25) is 17.7 Å². The Hall–Kier alpha value is -5.43. The van der Waals surface area contributed by atoms with Gasteiger partial charge in [-0.3, -0.25) is 24.4 Å². The number of benzene rings is 3. The maximum Gasteiger partial charge on any atom is 0.245 e. The van der Waals surface area contributed by atoms with E-state index in [-0.39, 0.29) is 37.2 Å². The molecule has 13 nitrogen and oxygen atoms in total. The van der Waals surface area contributed by atoms with Crippen molar-refractivity contribution < 1.29 is 14.4 Å². The maximum absolute atomic E-state index is 13.9. The van der Waals surface area contributed by atoms with Gasteiger partial charge in [0, 0.05) is 33.1 Å². The first-order valence-electron chi connectivity index (χ1n) is 15.9. The molecule has 0 aromatic heterocycles. The van der Waals surface area contributed by atoms with Crippen LogP contribution in [0.5, 0.6) is 0 Å². The van der Waals surface area contributed by atoms with Crippen LogP contribution in [0.2, 0.25) is 0 Å². The first-order valence-corrected chi connectivity index (χ1v) is 15.9. The van der Waals surface area contributed by atoms with Crippen LogP contribution in [0.25, 0.3) is 11.1 Å². The van der Waals surface area contributed by atoms with Gasteiger partial charge in [-0.15, -0.1) is 0 Å². The van der Waals surface area contributed by atoms with Crippen molar-refractivity contribution in [2.24, 2.45) is 38.7 Å². The molecule has 3 rings (SSSR count). The fraction of sp³-hybridized carbons (Fsp3) is 0.343. The van der Waals surface area contributed by atoms with Crippen molar-refractivity contribution in [2.45, 2.75) is 56.8 Å². The van der Waals surface area contributed by atoms with E-state index < -0.39 is 29.9 Å². The topological polar surface area (TPSA) is 233 Å². The molecule has 3 atom stereocenters. The second-order valence-electron chi connectivity index (χ2n) is 11.6. The molecule has 0 aliphatic carbocycles. The monoisotopic (exact) mass is 656 g/mol. The fourth-order valence-electron chi connectivity index (χ4n) is 5.07.